The largest absolute Gasteiger partial charge is 0.508 e. The molecular formula is C30H30F3N5O4. The highest BCUT2D eigenvalue weighted by atomic mass is 19.4. The first kappa shape index (κ1) is 28.9. The number of phenols is 1. The second-order valence-corrected chi connectivity index (χ2v) is 10.3. The number of nitrogens with one attached hydrogen (secondary N) is 1. The van der Waals surface area contributed by atoms with E-state index in [4.69, 9.17) is 0 Å². The molecule has 5 rings (SSSR count). The van der Waals surface area contributed by atoms with Crippen LogP contribution in [-0.4, -0.2) is 75.1 Å². The second kappa shape index (κ2) is 11.7. The highest BCUT2D eigenvalue weighted by Crippen LogP contribution is 2.34. The van der Waals surface area contributed by atoms with E-state index >= 15 is 0 Å². The van der Waals surface area contributed by atoms with Crippen LogP contribution in [0.3, 0.4) is 0 Å². The number of hydrazine groups is 1. The molecule has 2 fully saturated rings. The molecule has 2 aliphatic heterocycles. The number of hydrogen-bond donors (Lipinski definition) is 2. The Bertz CT molecular complexity index is 1450. The summed E-state index contributed by atoms with van der Waals surface area (Å²) in [6.45, 7) is -0.511. The number of likely N-dealkylation sites (N-methyl/N-ethyl adjacent to an activating group) is 1. The smallest absolute Gasteiger partial charge is 0.416 e. The molecule has 2 aliphatic rings. The number of nitrogens with zero attached hydrogens (tertiary/aromatic N) is 4. The first-order valence-electron chi connectivity index (χ1n) is 13.4. The van der Waals surface area contributed by atoms with Gasteiger partial charge in [0, 0.05) is 26.6 Å². The van der Waals surface area contributed by atoms with Crippen LogP contribution in [0.25, 0.3) is 0 Å². The summed E-state index contributed by atoms with van der Waals surface area (Å²) in [7, 11) is 1.58. The van der Waals surface area contributed by atoms with E-state index in [9.17, 15) is 32.7 Å². The molecule has 0 bridgehead atoms. The normalized spacial score (nSPS) is 19.6. The second-order valence-electron chi connectivity index (χ2n) is 10.3. The molecule has 0 aromatic heterocycles. The number of fused-ring (bicyclic) bond motifs is 1. The minimum absolute atomic E-state index is 0.0221. The zero-order valence-electron chi connectivity index (χ0n) is 22.8. The number of amides is 4. The molecule has 0 radical (unpaired) electrons. The van der Waals surface area contributed by atoms with E-state index in [1.54, 1.807) is 19.2 Å². The predicted molar refractivity (Wildman–Crippen MR) is 146 cm³/mol. The average Bonchev–Trinajstić information content (AvgIpc) is 2.95. The Labute approximate surface area is 240 Å². The Kier molecular flexibility index (Phi) is 8.08. The van der Waals surface area contributed by atoms with Crippen LogP contribution >= 0.6 is 0 Å². The van der Waals surface area contributed by atoms with Crippen molar-refractivity contribution in [2.45, 2.75) is 37.9 Å². The maximum atomic E-state index is 13.9. The van der Waals surface area contributed by atoms with Gasteiger partial charge < -0.3 is 20.2 Å². The van der Waals surface area contributed by atoms with Crippen LogP contribution < -0.4 is 5.32 Å². The van der Waals surface area contributed by atoms with Crippen molar-refractivity contribution < 1.29 is 32.7 Å². The van der Waals surface area contributed by atoms with Gasteiger partial charge in [0.15, 0.2) is 0 Å². The van der Waals surface area contributed by atoms with Gasteiger partial charge in [0.05, 0.1) is 18.7 Å². The summed E-state index contributed by atoms with van der Waals surface area (Å²) in [5.41, 5.74) is 0.539. The topological polar surface area (TPSA) is 96.4 Å². The molecule has 220 valence electrons. The van der Waals surface area contributed by atoms with Crippen molar-refractivity contribution in [3.8, 4) is 5.75 Å². The molecule has 2 atom stereocenters. The fourth-order valence-corrected chi connectivity index (χ4v) is 5.50. The summed E-state index contributed by atoms with van der Waals surface area (Å²) in [4.78, 5) is 43.5. The molecule has 12 heteroatoms. The summed E-state index contributed by atoms with van der Waals surface area (Å²) >= 11 is 0. The van der Waals surface area contributed by atoms with Crippen molar-refractivity contribution >= 4 is 17.8 Å². The molecule has 42 heavy (non-hydrogen) atoms. The zero-order valence-corrected chi connectivity index (χ0v) is 22.8. The van der Waals surface area contributed by atoms with Gasteiger partial charge in [-0.25, -0.2) is 14.8 Å². The lowest BCUT2D eigenvalue weighted by Crippen LogP contribution is -2.76. The molecule has 0 saturated carbocycles. The highest BCUT2D eigenvalue weighted by Gasteiger charge is 2.51. The molecule has 0 spiro atoms. The molecule has 2 saturated heterocycles. The van der Waals surface area contributed by atoms with Crippen molar-refractivity contribution in [1.82, 2.24) is 25.1 Å². The lowest BCUT2D eigenvalue weighted by Gasteiger charge is -2.54. The average molecular weight is 582 g/mol. The number of urea groups is 1. The minimum Gasteiger partial charge on any atom is -0.508 e. The van der Waals surface area contributed by atoms with Gasteiger partial charge in [-0.3, -0.25) is 9.59 Å². The summed E-state index contributed by atoms with van der Waals surface area (Å²) in [5, 5.41) is 15.4. The number of benzene rings is 3. The molecule has 0 aliphatic carbocycles. The Morgan fingerprint density at radius 3 is 2.31 bits per heavy atom. The first-order chi connectivity index (χ1) is 20.0. The third-order valence-electron chi connectivity index (χ3n) is 7.48. The summed E-state index contributed by atoms with van der Waals surface area (Å²) < 4.78 is 41.4. The van der Waals surface area contributed by atoms with Crippen molar-refractivity contribution in [2.75, 3.05) is 20.1 Å². The van der Waals surface area contributed by atoms with Crippen molar-refractivity contribution in [3.05, 3.63) is 101 Å². The molecular weight excluding hydrogens is 551 g/mol. The maximum absolute atomic E-state index is 13.9. The van der Waals surface area contributed by atoms with E-state index in [0.717, 1.165) is 11.6 Å². The van der Waals surface area contributed by atoms with Gasteiger partial charge in [0.25, 0.3) is 0 Å². The van der Waals surface area contributed by atoms with Gasteiger partial charge in [-0.15, -0.1) is 0 Å². The Hall–Kier alpha value is -4.58. The van der Waals surface area contributed by atoms with Crippen LogP contribution in [0.5, 0.6) is 5.75 Å². The van der Waals surface area contributed by atoms with Gasteiger partial charge in [-0.1, -0.05) is 60.7 Å². The monoisotopic (exact) mass is 581 g/mol. The summed E-state index contributed by atoms with van der Waals surface area (Å²) in [5.74, 6) is -0.894. The number of hydrogen-bond acceptors (Lipinski definition) is 5. The summed E-state index contributed by atoms with van der Waals surface area (Å²) in [6.07, 6.45) is -5.55. The minimum atomic E-state index is -4.63. The SMILES string of the molecule is CN1CC(=O)N2C(CN(Cc3ccccc3C(F)(F)F)C(=O)[C@@H]2Cc2ccc(O)cc2)N1C(=O)NCc1ccccc1. The van der Waals surface area contributed by atoms with E-state index in [2.05, 4.69) is 5.32 Å². The van der Waals surface area contributed by atoms with Gasteiger partial charge in [0.2, 0.25) is 11.8 Å². The molecule has 2 N–H and O–H groups in total. The fraction of sp³-hybridized carbons (Fsp3) is 0.300. The number of piperazine rings is 1. The number of phenolic OH excluding ortho intramolecular Hbond substituents is 1. The molecule has 3 aromatic carbocycles. The Morgan fingerprint density at radius 2 is 1.62 bits per heavy atom. The summed E-state index contributed by atoms with van der Waals surface area (Å²) in [6, 6.07) is 18.8. The van der Waals surface area contributed by atoms with Crippen LogP contribution in [0.2, 0.25) is 0 Å². The van der Waals surface area contributed by atoms with E-state index in [1.165, 1.54) is 50.1 Å². The predicted octanol–water partition coefficient (Wildman–Crippen LogP) is 3.59. The van der Waals surface area contributed by atoms with Gasteiger partial charge >= 0.3 is 12.2 Å². The lowest BCUT2D eigenvalue weighted by atomic mass is 9.97. The maximum Gasteiger partial charge on any atom is 0.416 e. The van der Waals surface area contributed by atoms with Crippen LogP contribution in [0, 0.1) is 0 Å². The number of carbonyl (C=O) groups excluding carboxylic acids is 3. The lowest BCUT2D eigenvalue weighted by molar-refractivity contribution is -0.187. The van der Waals surface area contributed by atoms with Crippen LogP contribution in [0.4, 0.5) is 18.0 Å². The van der Waals surface area contributed by atoms with Crippen molar-refractivity contribution in [1.29, 1.82) is 0 Å². The fourth-order valence-electron chi connectivity index (χ4n) is 5.50. The van der Waals surface area contributed by atoms with E-state index in [-0.39, 0.29) is 49.8 Å². The van der Waals surface area contributed by atoms with Gasteiger partial charge in [-0.05, 0) is 34.9 Å². The number of carbonyl (C=O) groups is 3. The van der Waals surface area contributed by atoms with Gasteiger partial charge in [-0.2, -0.15) is 13.2 Å². The molecule has 3 aromatic rings. The third-order valence-corrected chi connectivity index (χ3v) is 7.48. The quantitative estimate of drug-likeness (QED) is 0.464. The number of alkyl halides is 3. The van der Waals surface area contributed by atoms with Gasteiger partial charge in [0.1, 0.15) is 18.0 Å². The molecule has 4 amide bonds. The molecule has 1 unspecified atom stereocenters. The number of halogens is 3. The number of rotatable bonds is 6. The standard InChI is InChI=1S/C30H30F3N5O4/c1-35-19-27(40)37-25(15-20-11-13-23(39)14-12-20)28(41)36(17-22-9-5-6-10-24(22)30(31,32)33)18-26(37)38(35)29(42)34-16-21-7-3-2-4-8-21/h2-14,25-26,39H,15-19H2,1H3,(H,34,42)/t25-,26?/m0/s1. The molecule has 9 nitrogen and oxygen atoms in total. The molecule has 2 heterocycles. The Balaban J connectivity index is 1.49. The van der Waals surface area contributed by atoms with Crippen LogP contribution in [-0.2, 0) is 35.3 Å². The third kappa shape index (κ3) is 6.03. The van der Waals surface area contributed by atoms with Crippen LogP contribution in [0.1, 0.15) is 22.3 Å². The van der Waals surface area contributed by atoms with E-state index in [0.29, 0.717) is 5.56 Å². The Morgan fingerprint density at radius 1 is 0.952 bits per heavy atom. The number of aromatic hydroxyl groups is 1. The van der Waals surface area contributed by atoms with Crippen molar-refractivity contribution in [3.63, 3.8) is 0 Å². The highest BCUT2D eigenvalue weighted by molar-refractivity contribution is 5.91. The zero-order chi connectivity index (χ0) is 30.0. The van der Waals surface area contributed by atoms with Crippen LogP contribution in [0.15, 0.2) is 78.9 Å². The van der Waals surface area contributed by atoms with E-state index < -0.39 is 35.9 Å². The van der Waals surface area contributed by atoms with E-state index in [1.807, 2.05) is 30.3 Å². The van der Waals surface area contributed by atoms with Crippen molar-refractivity contribution in [2.24, 2.45) is 0 Å². The first-order valence-corrected chi connectivity index (χ1v) is 13.4.